The van der Waals surface area contributed by atoms with Crippen molar-refractivity contribution in [1.82, 2.24) is 5.32 Å². The van der Waals surface area contributed by atoms with E-state index < -0.39 is 0 Å². The summed E-state index contributed by atoms with van der Waals surface area (Å²) in [4.78, 5) is 0. The Balaban J connectivity index is 3.80. The van der Waals surface area contributed by atoms with Crippen LogP contribution in [0.4, 0.5) is 0 Å². The summed E-state index contributed by atoms with van der Waals surface area (Å²) >= 11 is 0. The third-order valence-electron chi connectivity index (χ3n) is 1.96. The maximum absolute atomic E-state index is 5.45. The Bertz CT molecular complexity index is 134. The number of nitrogens with two attached hydrogens (primary N) is 1. The lowest BCUT2D eigenvalue weighted by Crippen LogP contribution is -2.43. The highest BCUT2D eigenvalue weighted by atomic mass is 15.0. The molecule has 0 amide bonds. The quantitative estimate of drug-likeness (QED) is 0.646. The Kier molecular flexibility index (Phi) is 4.93. The first kappa shape index (κ1) is 12.9. The minimum absolute atomic E-state index is 0.230. The van der Waals surface area contributed by atoms with Gasteiger partial charge in [0.25, 0.3) is 0 Å². The van der Waals surface area contributed by atoms with Crippen molar-refractivity contribution >= 4 is 0 Å². The molecular formula is C11H26N2. The van der Waals surface area contributed by atoms with Crippen LogP contribution in [0, 0.1) is 5.41 Å². The standard InChI is InChI=1S/C11H26N2/c1-10(2,3)9-11(4,5)13-8-6-7-12/h13H,6-9,12H2,1-5H3. The lowest BCUT2D eigenvalue weighted by molar-refractivity contribution is 0.242. The van der Waals surface area contributed by atoms with Crippen molar-refractivity contribution in [3.05, 3.63) is 0 Å². The van der Waals surface area contributed by atoms with Gasteiger partial charge in [-0.2, -0.15) is 0 Å². The Labute approximate surface area is 83.3 Å². The normalized spacial score (nSPS) is 13.4. The summed E-state index contributed by atoms with van der Waals surface area (Å²) in [5.41, 5.74) is 6.06. The third-order valence-corrected chi connectivity index (χ3v) is 1.96. The molecule has 0 aromatic rings. The summed E-state index contributed by atoms with van der Waals surface area (Å²) in [5.74, 6) is 0. The molecule has 0 rings (SSSR count). The van der Waals surface area contributed by atoms with E-state index in [1.807, 2.05) is 0 Å². The first-order valence-electron chi connectivity index (χ1n) is 5.22. The largest absolute Gasteiger partial charge is 0.330 e. The van der Waals surface area contributed by atoms with Crippen LogP contribution in [0.5, 0.6) is 0 Å². The zero-order valence-electron chi connectivity index (χ0n) is 9.91. The van der Waals surface area contributed by atoms with Crippen molar-refractivity contribution in [3.8, 4) is 0 Å². The molecule has 0 aliphatic carbocycles. The average Bonchev–Trinajstić information content (AvgIpc) is 1.81. The monoisotopic (exact) mass is 186 g/mol. The van der Waals surface area contributed by atoms with Crippen molar-refractivity contribution in [2.24, 2.45) is 11.1 Å². The smallest absolute Gasteiger partial charge is 0.0130 e. The van der Waals surface area contributed by atoms with Crippen molar-refractivity contribution in [1.29, 1.82) is 0 Å². The third kappa shape index (κ3) is 8.26. The molecule has 2 nitrogen and oxygen atoms in total. The molecule has 0 atom stereocenters. The van der Waals surface area contributed by atoms with E-state index in [-0.39, 0.29) is 5.54 Å². The highest BCUT2D eigenvalue weighted by Crippen LogP contribution is 2.26. The fourth-order valence-electron chi connectivity index (χ4n) is 1.92. The molecule has 0 fully saturated rings. The molecule has 0 saturated carbocycles. The van der Waals surface area contributed by atoms with Crippen LogP contribution >= 0.6 is 0 Å². The van der Waals surface area contributed by atoms with Gasteiger partial charge < -0.3 is 11.1 Å². The maximum atomic E-state index is 5.45. The topological polar surface area (TPSA) is 38.0 Å². The van der Waals surface area contributed by atoms with Crippen LogP contribution in [0.15, 0.2) is 0 Å². The predicted octanol–water partition coefficient (Wildman–Crippen LogP) is 2.14. The molecule has 0 aromatic carbocycles. The van der Waals surface area contributed by atoms with E-state index in [4.69, 9.17) is 5.73 Å². The SMILES string of the molecule is CC(C)(C)CC(C)(C)NCCCN. The molecule has 0 radical (unpaired) electrons. The van der Waals surface area contributed by atoms with Crippen LogP contribution in [0.2, 0.25) is 0 Å². The van der Waals surface area contributed by atoms with Crippen LogP contribution in [0.3, 0.4) is 0 Å². The highest BCUT2D eigenvalue weighted by Gasteiger charge is 2.24. The lowest BCUT2D eigenvalue weighted by atomic mass is 9.82. The summed E-state index contributed by atoms with van der Waals surface area (Å²) in [6.07, 6.45) is 2.25. The fourth-order valence-corrected chi connectivity index (χ4v) is 1.92. The Hall–Kier alpha value is -0.0800. The second-order valence-corrected chi connectivity index (χ2v) is 5.69. The molecule has 2 heteroatoms. The number of hydrogen-bond acceptors (Lipinski definition) is 2. The molecule has 0 saturated heterocycles. The van der Waals surface area contributed by atoms with Crippen molar-refractivity contribution < 1.29 is 0 Å². The van der Waals surface area contributed by atoms with Crippen LogP contribution in [0.1, 0.15) is 47.5 Å². The second-order valence-electron chi connectivity index (χ2n) is 5.69. The van der Waals surface area contributed by atoms with Gasteiger partial charge in [-0.25, -0.2) is 0 Å². The second kappa shape index (κ2) is 4.97. The van der Waals surface area contributed by atoms with Crippen LogP contribution < -0.4 is 11.1 Å². The fraction of sp³-hybridized carbons (Fsp3) is 1.00. The zero-order valence-corrected chi connectivity index (χ0v) is 9.91. The van der Waals surface area contributed by atoms with Gasteiger partial charge in [0.1, 0.15) is 0 Å². The van der Waals surface area contributed by atoms with Gasteiger partial charge in [-0.15, -0.1) is 0 Å². The zero-order chi connectivity index (χ0) is 10.5. The van der Waals surface area contributed by atoms with Crippen molar-refractivity contribution in [3.63, 3.8) is 0 Å². The van der Waals surface area contributed by atoms with E-state index in [0.29, 0.717) is 5.41 Å². The summed E-state index contributed by atoms with van der Waals surface area (Å²) in [7, 11) is 0. The average molecular weight is 186 g/mol. The van der Waals surface area contributed by atoms with Crippen LogP contribution in [0.25, 0.3) is 0 Å². The van der Waals surface area contributed by atoms with Gasteiger partial charge in [-0.05, 0) is 45.2 Å². The first-order chi connectivity index (χ1) is 5.77. The van der Waals surface area contributed by atoms with Crippen LogP contribution in [-0.2, 0) is 0 Å². The molecule has 0 aromatic heterocycles. The van der Waals surface area contributed by atoms with Gasteiger partial charge in [0, 0.05) is 5.54 Å². The Morgan fingerprint density at radius 3 is 2.00 bits per heavy atom. The number of rotatable bonds is 5. The van der Waals surface area contributed by atoms with Crippen molar-refractivity contribution in [2.75, 3.05) is 13.1 Å². The minimum Gasteiger partial charge on any atom is -0.330 e. The molecule has 80 valence electrons. The molecule has 3 N–H and O–H groups in total. The van der Waals surface area contributed by atoms with E-state index in [0.717, 1.165) is 19.5 Å². The van der Waals surface area contributed by atoms with Crippen LogP contribution in [-0.4, -0.2) is 18.6 Å². The summed E-state index contributed by atoms with van der Waals surface area (Å²) in [6.45, 7) is 13.2. The molecular weight excluding hydrogens is 160 g/mol. The highest BCUT2D eigenvalue weighted by molar-refractivity contribution is 4.82. The van der Waals surface area contributed by atoms with Crippen molar-refractivity contribution in [2.45, 2.75) is 53.0 Å². The van der Waals surface area contributed by atoms with Gasteiger partial charge in [0.05, 0.1) is 0 Å². The molecule has 13 heavy (non-hydrogen) atoms. The number of nitrogens with one attached hydrogen (secondary N) is 1. The van der Waals surface area contributed by atoms with E-state index in [9.17, 15) is 0 Å². The van der Waals surface area contributed by atoms with E-state index in [2.05, 4.69) is 39.9 Å². The molecule has 0 spiro atoms. The molecule has 0 bridgehead atoms. The predicted molar refractivity (Wildman–Crippen MR) is 59.8 cm³/mol. The van der Waals surface area contributed by atoms with E-state index in [1.165, 1.54) is 6.42 Å². The van der Waals surface area contributed by atoms with Gasteiger partial charge >= 0.3 is 0 Å². The van der Waals surface area contributed by atoms with Gasteiger partial charge in [-0.3, -0.25) is 0 Å². The molecule has 0 heterocycles. The summed E-state index contributed by atoms with van der Waals surface area (Å²) in [6, 6.07) is 0. The summed E-state index contributed by atoms with van der Waals surface area (Å²) in [5, 5.41) is 3.54. The molecule has 0 aliphatic heterocycles. The summed E-state index contributed by atoms with van der Waals surface area (Å²) < 4.78 is 0. The minimum atomic E-state index is 0.230. The number of hydrogen-bond donors (Lipinski definition) is 2. The Morgan fingerprint density at radius 1 is 1.08 bits per heavy atom. The first-order valence-corrected chi connectivity index (χ1v) is 5.22. The van der Waals surface area contributed by atoms with E-state index in [1.54, 1.807) is 0 Å². The Morgan fingerprint density at radius 2 is 1.62 bits per heavy atom. The maximum Gasteiger partial charge on any atom is 0.0130 e. The molecule has 0 aliphatic rings. The van der Waals surface area contributed by atoms with Gasteiger partial charge in [0.15, 0.2) is 0 Å². The molecule has 0 unspecified atom stereocenters. The van der Waals surface area contributed by atoms with Gasteiger partial charge in [-0.1, -0.05) is 20.8 Å². The van der Waals surface area contributed by atoms with Gasteiger partial charge in [0.2, 0.25) is 0 Å². The lowest BCUT2D eigenvalue weighted by Gasteiger charge is -2.33. The van der Waals surface area contributed by atoms with E-state index >= 15 is 0 Å².